The molecule has 2 fully saturated rings. The first-order valence-corrected chi connectivity index (χ1v) is 7.30. The number of hydrogen-bond donors (Lipinski definition) is 1. The van der Waals surface area contributed by atoms with Gasteiger partial charge in [-0.25, -0.2) is 0 Å². The molecule has 2 aliphatic heterocycles. The number of carbonyl (C=O) groups is 2. The van der Waals surface area contributed by atoms with Crippen LogP contribution in [0.5, 0.6) is 0 Å². The van der Waals surface area contributed by atoms with Crippen molar-refractivity contribution in [2.45, 2.75) is 51.7 Å². The zero-order valence-electron chi connectivity index (χ0n) is 11.9. The summed E-state index contributed by atoms with van der Waals surface area (Å²) in [5.41, 5.74) is 0. The maximum atomic E-state index is 12.4. The summed E-state index contributed by atoms with van der Waals surface area (Å²) in [6.45, 7) is 6.21. The first kappa shape index (κ1) is 14.3. The Morgan fingerprint density at radius 1 is 1.21 bits per heavy atom. The molecular weight excluding hydrogens is 244 g/mol. The lowest BCUT2D eigenvalue weighted by Gasteiger charge is -2.27. The fourth-order valence-corrected chi connectivity index (χ4v) is 2.68. The van der Waals surface area contributed by atoms with E-state index in [1.165, 1.54) is 0 Å². The summed E-state index contributed by atoms with van der Waals surface area (Å²) in [6, 6.07) is -0.421. The van der Waals surface area contributed by atoms with Crippen LogP contribution < -0.4 is 5.32 Å². The summed E-state index contributed by atoms with van der Waals surface area (Å²) in [6.07, 6.45) is 3.44. The summed E-state index contributed by atoms with van der Waals surface area (Å²) in [5, 5.41) is 2.88. The third-order valence-corrected chi connectivity index (χ3v) is 3.87. The highest BCUT2D eigenvalue weighted by atomic mass is 16.5. The number of nitrogens with one attached hydrogen (secondary N) is 1. The number of amides is 2. The smallest absolute Gasteiger partial charge is 0.249 e. The second-order valence-corrected chi connectivity index (χ2v) is 5.76. The molecule has 5 heteroatoms. The summed E-state index contributed by atoms with van der Waals surface area (Å²) in [7, 11) is 0. The molecule has 2 saturated heterocycles. The fourth-order valence-electron chi connectivity index (χ4n) is 2.68. The molecule has 2 atom stereocenters. The molecule has 1 unspecified atom stereocenters. The number of ether oxygens (including phenoxy) is 1. The molecule has 0 radical (unpaired) electrons. The van der Waals surface area contributed by atoms with Crippen molar-refractivity contribution in [3.05, 3.63) is 0 Å². The van der Waals surface area contributed by atoms with Crippen LogP contribution in [0, 0.1) is 5.92 Å². The molecule has 0 aromatic carbocycles. The van der Waals surface area contributed by atoms with Crippen LogP contribution in [0.1, 0.15) is 39.5 Å². The van der Waals surface area contributed by atoms with Crippen LogP contribution in [0.15, 0.2) is 0 Å². The van der Waals surface area contributed by atoms with Gasteiger partial charge < -0.3 is 15.0 Å². The lowest BCUT2D eigenvalue weighted by molar-refractivity contribution is -0.139. The first-order chi connectivity index (χ1) is 9.09. The lowest BCUT2D eigenvalue weighted by atomic mass is 10.0. The molecule has 2 amide bonds. The van der Waals surface area contributed by atoms with E-state index >= 15 is 0 Å². The van der Waals surface area contributed by atoms with Crippen LogP contribution in [0.3, 0.4) is 0 Å². The summed E-state index contributed by atoms with van der Waals surface area (Å²) >= 11 is 0. The molecule has 0 spiro atoms. The zero-order valence-corrected chi connectivity index (χ0v) is 11.9. The maximum absolute atomic E-state index is 12.4. The van der Waals surface area contributed by atoms with Gasteiger partial charge in [0.15, 0.2) is 0 Å². The quantitative estimate of drug-likeness (QED) is 0.825. The Kier molecular flexibility index (Phi) is 4.80. The topological polar surface area (TPSA) is 58.6 Å². The normalized spacial score (nSPS) is 24.8. The van der Waals surface area contributed by atoms with E-state index in [1.807, 2.05) is 18.7 Å². The van der Waals surface area contributed by atoms with Gasteiger partial charge in [0.25, 0.3) is 0 Å². The van der Waals surface area contributed by atoms with Crippen molar-refractivity contribution in [1.29, 1.82) is 0 Å². The Balaban J connectivity index is 1.94. The van der Waals surface area contributed by atoms with E-state index in [0.29, 0.717) is 6.61 Å². The Hall–Kier alpha value is -1.10. The van der Waals surface area contributed by atoms with E-state index in [-0.39, 0.29) is 23.8 Å². The predicted octanol–water partition coefficient (Wildman–Crippen LogP) is 0.929. The van der Waals surface area contributed by atoms with Crippen molar-refractivity contribution in [3.63, 3.8) is 0 Å². The van der Waals surface area contributed by atoms with Crippen LogP contribution in [0.25, 0.3) is 0 Å². The first-order valence-electron chi connectivity index (χ1n) is 7.30. The van der Waals surface area contributed by atoms with Gasteiger partial charge in [-0.3, -0.25) is 9.59 Å². The Morgan fingerprint density at radius 2 is 1.89 bits per heavy atom. The van der Waals surface area contributed by atoms with E-state index < -0.39 is 6.04 Å². The molecule has 1 N–H and O–H groups in total. The highest BCUT2D eigenvalue weighted by Crippen LogP contribution is 2.16. The van der Waals surface area contributed by atoms with Crippen molar-refractivity contribution in [2.75, 3.05) is 19.7 Å². The fraction of sp³-hybridized carbons (Fsp3) is 0.857. The highest BCUT2D eigenvalue weighted by Gasteiger charge is 2.33. The molecular formula is C14H24N2O3. The van der Waals surface area contributed by atoms with Crippen molar-refractivity contribution in [3.8, 4) is 0 Å². The summed E-state index contributed by atoms with van der Waals surface area (Å²) in [4.78, 5) is 26.3. The standard InChI is InChI=1S/C14H24N2O3/c1-10(2)12(14(18)16-7-3-4-8-16)15-13(17)11-6-5-9-19-11/h10-12H,3-9H2,1-2H3,(H,15,17)/t11?,12-/m1/s1. The third-order valence-electron chi connectivity index (χ3n) is 3.87. The minimum absolute atomic E-state index is 0.0545. The molecule has 0 saturated carbocycles. The molecule has 5 nitrogen and oxygen atoms in total. The molecule has 2 aliphatic rings. The minimum Gasteiger partial charge on any atom is -0.368 e. The number of likely N-dealkylation sites (tertiary alicyclic amines) is 1. The van der Waals surface area contributed by atoms with Gasteiger partial charge in [-0.05, 0) is 31.6 Å². The van der Waals surface area contributed by atoms with Gasteiger partial charge in [-0.2, -0.15) is 0 Å². The molecule has 2 rings (SSSR count). The molecule has 0 aliphatic carbocycles. The number of rotatable bonds is 4. The van der Waals surface area contributed by atoms with Crippen LogP contribution in [-0.4, -0.2) is 48.6 Å². The summed E-state index contributed by atoms with van der Waals surface area (Å²) in [5.74, 6) is 0.0149. The number of nitrogens with zero attached hydrogens (tertiary/aromatic N) is 1. The van der Waals surface area contributed by atoms with Crippen molar-refractivity contribution in [2.24, 2.45) is 5.92 Å². The third kappa shape index (κ3) is 3.47. The van der Waals surface area contributed by atoms with Crippen LogP contribution in [0.2, 0.25) is 0 Å². The Labute approximate surface area is 114 Å². The van der Waals surface area contributed by atoms with Crippen LogP contribution in [0.4, 0.5) is 0 Å². The largest absolute Gasteiger partial charge is 0.368 e. The molecule has 2 heterocycles. The van der Waals surface area contributed by atoms with Gasteiger partial charge in [0.2, 0.25) is 11.8 Å². The van der Waals surface area contributed by atoms with Gasteiger partial charge in [0.1, 0.15) is 12.1 Å². The highest BCUT2D eigenvalue weighted by molar-refractivity contribution is 5.89. The second kappa shape index (κ2) is 6.37. The Morgan fingerprint density at radius 3 is 2.42 bits per heavy atom. The SMILES string of the molecule is CC(C)[C@@H](NC(=O)C1CCCO1)C(=O)N1CCCC1. The van der Waals surface area contributed by atoms with Crippen molar-refractivity contribution in [1.82, 2.24) is 10.2 Å². The van der Waals surface area contributed by atoms with E-state index in [0.717, 1.165) is 38.8 Å². The maximum Gasteiger partial charge on any atom is 0.249 e. The van der Waals surface area contributed by atoms with E-state index in [4.69, 9.17) is 4.74 Å². The molecule has 0 bridgehead atoms. The second-order valence-electron chi connectivity index (χ2n) is 5.76. The van der Waals surface area contributed by atoms with Gasteiger partial charge in [0.05, 0.1) is 0 Å². The van der Waals surface area contributed by atoms with Gasteiger partial charge in [0, 0.05) is 19.7 Å². The van der Waals surface area contributed by atoms with Crippen LogP contribution in [-0.2, 0) is 14.3 Å². The zero-order chi connectivity index (χ0) is 13.8. The van der Waals surface area contributed by atoms with Crippen LogP contribution >= 0.6 is 0 Å². The average Bonchev–Trinajstić information content (AvgIpc) is 3.05. The summed E-state index contributed by atoms with van der Waals surface area (Å²) < 4.78 is 5.36. The average molecular weight is 268 g/mol. The van der Waals surface area contributed by atoms with E-state index in [9.17, 15) is 9.59 Å². The number of hydrogen-bond acceptors (Lipinski definition) is 3. The van der Waals surface area contributed by atoms with E-state index in [1.54, 1.807) is 0 Å². The van der Waals surface area contributed by atoms with Gasteiger partial charge >= 0.3 is 0 Å². The van der Waals surface area contributed by atoms with Gasteiger partial charge in [-0.1, -0.05) is 13.8 Å². The minimum atomic E-state index is -0.421. The number of carbonyl (C=O) groups excluding carboxylic acids is 2. The molecule has 0 aromatic rings. The lowest BCUT2D eigenvalue weighted by Crippen LogP contribution is -2.52. The van der Waals surface area contributed by atoms with Gasteiger partial charge in [-0.15, -0.1) is 0 Å². The molecule has 108 valence electrons. The molecule has 19 heavy (non-hydrogen) atoms. The predicted molar refractivity (Wildman–Crippen MR) is 71.6 cm³/mol. The molecule has 0 aromatic heterocycles. The monoisotopic (exact) mass is 268 g/mol. The van der Waals surface area contributed by atoms with E-state index in [2.05, 4.69) is 5.32 Å². The van der Waals surface area contributed by atoms with Crippen molar-refractivity contribution >= 4 is 11.8 Å². The van der Waals surface area contributed by atoms with Crippen molar-refractivity contribution < 1.29 is 14.3 Å². The Bertz CT molecular complexity index is 332.